The van der Waals surface area contributed by atoms with Crippen LogP contribution in [0.25, 0.3) is 0 Å². The molecule has 1 N–H and O–H groups in total. The van der Waals surface area contributed by atoms with E-state index in [9.17, 15) is 9.59 Å². The molecule has 0 aromatic carbocycles. The molecule has 0 saturated carbocycles. The van der Waals surface area contributed by atoms with Gasteiger partial charge in [-0.2, -0.15) is 0 Å². The monoisotopic (exact) mass is 242 g/mol. The van der Waals surface area contributed by atoms with E-state index < -0.39 is 12.0 Å². The Kier molecular flexibility index (Phi) is 4.93. The van der Waals surface area contributed by atoms with E-state index in [1.165, 1.54) is 4.90 Å². The molecule has 0 aromatic rings. The van der Waals surface area contributed by atoms with Crippen molar-refractivity contribution < 1.29 is 14.7 Å². The summed E-state index contributed by atoms with van der Waals surface area (Å²) in [4.78, 5) is 26.6. The van der Waals surface area contributed by atoms with Crippen molar-refractivity contribution in [1.82, 2.24) is 9.80 Å². The molecule has 2 atom stereocenters. The van der Waals surface area contributed by atoms with Crippen LogP contribution in [0.1, 0.15) is 33.1 Å². The van der Waals surface area contributed by atoms with Gasteiger partial charge in [-0.05, 0) is 39.3 Å². The van der Waals surface area contributed by atoms with E-state index in [0.29, 0.717) is 0 Å². The first-order valence-corrected chi connectivity index (χ1v) is 6.22. The lowest BCUT2D eigenvalue weighted by Crippen LogP contribution is -2.49. The molecule has 5 heteroatoms. The van der Waals surface area contributed by atoms with Crippen molar-refractivity contribution >= 4 is 11.9 Å². The molecule has 5 nitrogen and oxygen atoms in total. The molecule has 1 saturated heterocycles. The molecule has 1 aliphatic heterocycles. The average molecular weight is 242 g/mol. The van der Waals surface area contributed by atoms with E-state index in [1.54, 1.807) is 14.0 Å². The maximum absolute atomic E-state index is 12.2. The van der Waals surface area contributed by atoms with Crippen LogP contribution in [0.2, 0.25) is 0 Å². The van der Waals surface area contributed by atoms with Crippen LogP contribution in [-0.2, 0) is 9.59 Å². The quantitative estimate of drug-likeness (QED) is 0.774. The number of aliphatic carboxylic acids is 1. The van der Waals surface area contributed by atoms with Gasteiger partial charge in [0.2, 0.25) is 5.91 Å². The number of nitrogens with zero attached hydrogens (tertiary/aromatic N) is 2. The van der Waals surface area contributed by atoms with Crippen LogP contribution in [0.3, 0.4) is 0 Å². The van der Waals surface area contributed by atoms with Gasteiger partial charge in [-0.3, -0.25) is 9.69 Å². The van der Waals surface area contributed by atoms with Crippen LogP contribution in [0.15, 0.2) is 0 Å². The van der Waals surface area contributed by atoms with Crippen molar-refractivity contribution in [1.29, 1.82) is 0 Å². The summed E-state index contributed by atoms with van der Waals surface area (Å²) in [6.45, 7) is 5.48. The van der Waals surface area contributed by atoms with E-state index in [2.05, 4.69) is 11.8 Å². The number of likely N-dealkylation sites (N-methyl/N-ethyl adjacent to an activating group) is 1. The smallest absolute Gasteiger partial charge is 0.326 e. The number of rotatable bonds is 5. The number of carbonyl (C=O) groups is 2. The molecule has 1 heterocycles. The minimum absolute atomic E-state index is 0.0640. The Labute approximate surface area is 102 Å². The molecule has 1 fully saturated rings. The summed E-state index contributed by atoms with van der Waals surface area (Å²) >= 11 is 0. The lowest BCUT2D eigenvalue weighted by molar-refractivity contribution is -0.150. The van der Waals surface area contributed by atoms with Gasteiger partial charge in [-0.25, -0.2) is 4.79 Å². The van der Waals surface area contributed by atoms with Gasteiger partial charge in [0.25, 0.3) is 0 Å². The Balaban J connectivity index is 2.65. The number of hydrogen-bond acceptors (Lipinski definition) is 3. The Morgan fingerprint density at radius 2 is 2.18 bits per heavy atom. The molecule has 1 amide bonds. The maximum Gasteiger partial charge on any atom is 0.326 e. The Morgan fingerprint density at radius 3 is 2.71 bits per heavy atom. The number of amides is 1. The SMILES string of the molecule is CCCN1CCC[C@H]1C(=O)N(C)[C@@H](C)C(=O)O. The topological polar surface area (TPSA) is 60.9 Å². The summed E-state index contributed by atoms with van der Waals surface area (Å²) in [5.41, 5.74) is 0. The first-order valence-electron chi connectivity index (χ1n) is 6.22. The van der Waals surface area contributed by atoms with Crippen molar-refractivity contribution in [3.63, 3.8) is 0 Å². The Morgan fingerprint density at radius 1 is 1.53 bits per heavy atom. The molecule has 0 spiro atoms. The third-order valence-corrected chi connectivity index (χ3v) is 3.45. The molecule has 98 valence electrons. The lowest BCUT2D eigenvalue weighted by atomic mass is 10.1. The van der Waals surface area contributed by atoms with Gasteiger partial charge in [0, 0.05) is 7.05 Å². The minimum atomic E-state index is -0.958. The predicted octanol–water partition coefficient (Wildman–Crippen LogP) is 0.792. The third kappa shape index (κ3) is 3.19. The summed E-state index contributed by atoms with van der Waals surface area (Å²) in [6, 6.07) is -0.881. The second-order valence-electron chi connectivity index (χ2n) is 4.66. The van der Waals surface area contributed by atoms with Crippen molar-refractivity contribution in [3.8, 4) is 0 Å². The number of carbonyl (C=O) groups excluding carboxylic acids is 1. The Hall–Kier alpha value is -1.10. The largest absolute Gasteiger partial charge is 0.480 e. The fourth-order valence-electron chi connectivity index (χ4n) is 2.25. The first-order chi connectivity index (χ1) is 7.99. The van der Waals surface area contributed by atoms with Gasteiger partial charge in [-0.15, -0.1) is 0 Å². The van der Waals surface area contributed by atoms with E-state index in [0.717, 1.165) is 32.4 Å². The van der Waals surface area contributed by atoms with Crippen molar-refractivity contribution in [3.05, 3.63) is 0 Å². The van der Waals surface area contributed by atoms with E-state index >= 15 is 0 Å². The zero-order valence-corrected chi connectivity index (χ0v) is 10.8. The van der Waals surface area contributed by atoms with Crippen molar-refractivity contribution in [2.24, 2.45) is 0 Å². The summed E-state index contributed by atoms with van der Waals surface area (Å²) in [7, 11) is 1.57. The fraction of sp³-hybridized carbons (Fsp3) is 0.833. The van der Waals surface area contributed by atoms with Crippen LogP contribution in [0.4, 0.5) is 0 Å². The first kappa shape index (κ1) is 14.0. The highest BCUT2D eigenvalue weighted by Gasteiger charge is 2.34. The zero-order chi connectivity index (χ0) is 13.0. The van der Waals surface area contributed by atoms with Crippen molar-refractivity contribution in [2.75, 3.05) is 20.1 Å². The minimum Gasteiger partial charge on any atom is -0.480 e. The second kappa shape index (κ2) is 6.00. The van der Waals surface area contributed by atoms with Crippen LogP contribution < -0.4 is 0 Å². The van der Waals surface area contributed by atoms with Gasteiger partial charge >= 0.3 is 5.97 Å². The van der Waals surface area contributed by atoms with Gasteiger partial charge in [0.1, 0.15) is 6.04 Å². The van der Waals surface area contributed by atoms with Gasteiger partial charge in [-0.1, -0.05) is 6.92 Å². The van der Waals surface area contributed by atoms with E-state index in [1.807, 2.05) is 0 Å². The highest BCUT2D eigenvalue weighted by molar-refractivity contribution is 5.86. The summed E-state index contributed by atoms with van der Waals surface area (Å²) in [5, 5.41) is 8.91. The molecule has 0 unspecified atom stereocenters. The standard InChI is InChI=1S/C12H22N2O3/c1-4-7-14-8-5-6-10(14)11(15)13(3)9(2)12(16)17/h9-10H,4-8H2,1-3H3,(H,16,17)/t9-,10-/m0/s1. The second-order valence-corrected chi connectivity index (χ2v) is 4.66. The predicted molar refractivity (Wildman–Crippen MR) is 64.8 cm³/mol. The fourth-order valence-corrected chi connectivity index (χ4v) is 2.25. The van der Waals surface area contributed by atoms with Crippen LogP contribution in [0, 0.1) is 0 Å². The summed E-state index contributed by atoms with van der Waals surface area (Å²) in [6.07, 6.45) is 2.88. The van der Waals surface area contributed by atoms with Gasteiger partial charge in [0.05, 0.1) is 6.04 Å². The lowest BCUT2D eigenvalue weighted by Gasteiger charge is -2.29. The molecular weight excluding hydrogens is 220 g/mol. The average Bonchev–Trinajstić information content (AvgIpc) is 2.74. The normalized spacial score (nSPS) is 22.4. The summed E-state index contributed by atoms with van der Waals surface area (Å²) < 4.78 is 0. The number of hydrogen-bond donors (Lipinski definition) is 1. The maximum atomic E-state index is 12.2. The molecular formula is C12H22N2O3. The highest BCUT2D eigenvalue weighted by atomic mass is 16.4. The van der Waals surface area contributed by atoms with Crippen molar-refractivity contribution in [2.45, 2.75) is 45.2 Å². The molecule has 0 aromatic heterocycles. The molecule has 1 aliphatic rings. The van der Waals surface area contributed by atoms with Gasteiger partial charge < -0.3 is 10.0 Å². The third-order valence-electron chi connectivity index (χ3n) is 3.45. The van der Waals surface area contributed by atoms with Gasteiger partial charge in [0.15, 0.2) is 0 Å². The van der Waals surface area contributed by atoms with E-state index in [4.69, 9.17) is 5.11 Å². The summed E-state index contributed by atoms with van der Waals surface area (Å²) in [5.74, 6) is -1.02. The molecule has 17 heavy (non-hydrogen) atoms. The number of carboxylic acids is 1. The molecule has 0 aliphatic carbocycles. The molecule has 0 bridgehead atoms. The highest BCUT2D eigenvalue weighted by Crippen LogP contribution is 2.19. The van der Waals surface area contributed by atoms with Crippen LogP contribution in [0.5, 0.6) is 0 Å². The molecule has 0 radical (unpaired) electrons. The molecule has 1 rings (SSSR count). The number of likely N-dealkylation sites (tertiary alicyclic amines) is 1. The Bertz CT molecular complexity index is 293. The number of carboxylic acid groups (broad SMARTS) is 1. The van der Waals surface area contributed by atoms with Crippen LogP contribution in [-0.4, -0.2) is 59.0 Å². The van der Waals surface area contributed by atoms with Crippen LogP contribution >= 0.6 is 0 Å². The van der Waals surface area contributed by atoms with E-state index in [-0.39, 0.29) is 11.9 Å². The zero-order valence-electron chi connectivity index (χ0n) is 10.8.